The zero-order valence-electron chi connectivity index (χ0n) is 21.5. The van der Waals surface area contributed by atoms with Crippen LogP contribution in [-0.2, 0) is 6.54 Å². The number of hydrogen-bond acceptors (Lipinski definition) is 4. The molecule has 3 aromatic carbocycles. The maximum absolute atomic E-state index is 14.9. The van der Waals surface area contributed by atoms with Gasteiger partial charge in [-0.15, -0.1) is 0 Å². The van der Waals surface area contributed by atoms with E-state index in [9.17, 15) is 14.0 Å². The average Bonchev–Trinajstić information content (AvgIpc) is 2.95. The molecular weight excluding hydrogens is 501 g/mol. The number of benzene rings is 3. The molecule has 0 saturated carbocycles. The lowest BCUT2D eigenvalue weighted by Gasteiger charge is -2.12. The van der Waals surface area contributed by atoms with E-state index in [1.807, 2.05) is 19.1 Å². The highest BCUT2D eigenvalue weighted by molar-refractivity contribution is 6.31. The van der Waals surface area contributed by atoms with Crippen LogP contribution >= 0.6 is 11.6 Å². The number of carbonyl (C=O) groups excluding carboxylic acids is 1. The number of ketones is 1. The molecule has 1 unspecified atom stereocenters. The van der Waals surface area contributed by atoms with Crippen LogP contribution in [0.5, 0.6) is 0 Å². The first-order valence-corrected chi connectivity index (χ1v) is 12.8. The van der Waals surface area contributed by atoms with Gasteiger partial charge in [-0.1, -0.05) is 74.0 Å². The quantitative estimate of drug-likeness (QED) is 0.142. The number of nitrogen functional groups attached to an aromatic ring is 1. The monoisotopic (exact) mass is 531 g/mol. The Morgan fingerprint density at radius 3 is 2.34 bits per heavy atom. The Labute approximate surface area is 227 Å². The van der Waals surface area contributed by atoms with E-state index in [0.717, 1.165) is 11.1 Å². The van der Waals surface area contributed by atoms with Crippen molar-refractivity contribution in [3.63, 3.8) is 0 Å². The molecule has 0 amide bonds. The van der Waals surface area contributed by atoms with Crippen molar-refractivity contribution in [2.45, 2.75) is 39.4 Å². The van der Waals surface area contributed by atoms with E-state index in [-0.39, 0.29) is 11.3 Å². The van der Waals surface area contributed by atoms with E-state index in [0.29, 0.717) is 52.5 Å². The van der Waals surface area contributed by atoms with Gasteiger partial charge in [0, 0.05) is 46.2 Å². The van der Waals surface area contributed by atoms with E-state index in [4.69, 9.17) is 22.7 Å². The minimum atomic E-state index is -1.30. The SMILES string of the molecule is CCC(=N)c1cc(Cl)ccc1N.CCC(=O)c1cccc(C(F)c2ccc(Cn3ccccc3=O)cc2)c1. The van der Waals surface area contributed by atoms with Crippen LogP contribution in [0, 0.1) is 5.41 Å². The predicted octanol–water partition coefficient (Wildman–Crippen LogP) is 7.25. The molecule has 0 aliphatic carbocycles. The third kappa shape index (κ3) is 7.49. The second-order valence-corrected chi connectivity index (χ2v) is 9.17. The summed E-state index contributed by atoms with van der Waals surface area (Å²) in [4.78, 5) is 23.6. The first-order valence-electron chi connectivity index (χ1n) is 12.4. The number of carbonyl (C=O) groups is 1. The third-order valence-corrected chi connectivity index (χ3v) is 6.28. The number of anilines is 1. The third-order valence-electron chi connectivity index (χ3n) is 6.04. The highest BCUT2D eigenvalue weighted by Crippen LogP contribution is 2.27. The fraction of sp³-hybridized carbons (Fsp3) is 0.194. The molecule has 3 N–H and O–H groups in total. The Morgan fingerprint density at radius 2 is 1.68 bits per heavy atom. The lowest BCUT2D eigenvalue weighted by atomic mass is 9.98. The zero-order chi connectivity index (χ0) is 27.7. The highest BCUT2D eigenvalue weighted by atomic mass is 35.5. The molecule has 5 nitrogen and oxygen atoms in total. The van der Waals surface area contributed by atoms with Crippen LogP contribution in [0.3, 0.4) is 0 Å². The summed E-state index contributed by atoms with van der Waals surface area (Å²) in [5.41, 5.74) is 9.92. The Hall–Kier alpha value is -4.03. The molecular formula is C31H31ClFN3O2. The topological polar surface area (TPSA) is 88.9 Å². The summed E-state index contributed by atoms with van der Waals surface area (Å²) in [6.45, 7) is 4.15. The summed E-state index contributed by atoms with van der Waals surface area (Å²) < 4.78 is 16.5. The standard InChI is InChI=1S/C22H20FNO2.C9H11ClN2/c1-2-20(25)18-6-5-7-19(14-18)22(23)17-11-9-16(10-12-17)15-24-13-4-3-8-21(24)26;1-2-8(11)7-5-6(10)3-4-9(7)12/h3-14,22H,2,15H2,1H3;3-5,11H,2,12H2,1H3. The summed E-state index contributed by atoms with van der Waals surface area (Å²) in [6.07, 6.45) is 1.50. The molecule has 0 spiro atoms. The molecule has 0 saturated heterocycles. The Morgan fingerprint density at radius 1 is 0.947 bits per heavy atom. The molecule has 1 aromatic heterocycles. The summed E-state index contributed by atoms with van der Waals surface area (Å²) >= 11 is 5.77. The van der Waals surface area contributed by atoms with Gasteiger partial charge >= 0.3 is 0 Å². The van der Waals surface area contributed by atoms with Crippen molar-refractivity contribution < 1.29 is 9.18 Å². The van der Waals surface area contributed by atoms with Crippen molar-refractivity contribution in [2.75, 3.05) is 5.73 Å². The number of alkyl halides is 1. The fourth-order valence-electron chi connectivity index (χ4n) is 3.83. The number of hydrogen-bond donors (Lipinski definition) is 2. The normalized spacial score (nSPS) is 11.3. The van der Waals surface area contributed by atoms with Gasteiger partial charge in [-0.05, 0) is 53.4 Å². The van der Waals surface area contributed by atoms with E-state index < -0.39 is 6.17 Å². The molecule has 38 heavy (non-hydrogen) atoms. The van der Waals surface area contributed by atoms with E-state index in [1.54, 1.807) is 84.4 Å². The zero-order valence-corrected chi connectivity index (χ0v) is 22.2. The lowest BCUT2D eigenvalue weighted by molar-refractivity contribution is 0.0988. The number of rotatable bonds is 8. The summed E-state index contributed by atoms with van der Waals surface area (Å²) in [7, 11) is 0. The van der Waals surface area contributed by atoms with Crippen molar-refractivity contribution in [1.29, 1.82) is 5.41 Å². The minimum absolute atomic E-state index is 0.00250. The number of Topliss-reactive ketones (excluding diaryl/α,β-unsaturated/α-hetero) is 1. The van der Waals surface area contributed by atoms with Gasteiger partial charge in [0.1, 0.15) is 0 Å². The number of aromatic nitrogens is 1. The molecule has 1 heterocycles. The Balaban J connectivity index is 0.000000279. The lowest BCUT2D eigenvalue weighted by Crippen LogP contribution is -2.18. The van der Waals surface area contributed by atoms with Gasteiger partial charge in [-0.2, -0.15) is 0 Å². The van der Waals surface area contributed by atoms with E-state index >= 15 is 0 Å². The predicted molar refractivity (Wildman–Crippen MR) is 153 cm³/mol. The first kappa shape index (κ1) is 28.5. The van der Waals surface area contributed by atoms with E-state index in [1.165, 1.54) is 6.07 Å². The van der Waals surface area contributed by atoms with Crippen LogP contribution in [0.4, 0.5) is 10.1 Å². The maximum Gasteiger partial charge on any atom is 0.250 e. The summed E-state index contributed by atoms with van der Waals surface area (Å²) in [5.74, 6) is 0.00250. The van der Waals surface area contributed by atoms with Crippen LogP contribution in [-0.4, -0.2) is 16.1 Å². The van der Waals surface area contributed by atoms with Crippen LogP contribution in [0.15, 0.2) is 95.9 Å². The molecule has 0 aliphatic rings. The van der Waals surface area contributed by atoms with Gasteiger partial charge in [0.05, 0.1) is 6.54 Å². The molecule has 0 aliphatic heterocycles. The van der Waals surface area contributed by atoms with Crippen LogP contribution in [0.25, 0.3) is 0 Å². The van der Waals surface area contributed by atoms with Gasteiger partial charge in [-0.3, -0.25) is 9.59 Å². The van der Waals surface area contributed by atoms with Crippen LogP contribution < -0.4 is 11.3 Å². The van der Waals surface area contributed by atoms with Gasteiger partial charge in [-0.25, -0.2) is 4.39 Å². The number of nitrogens with two attached hydrogens (primary N) is 1. The highest BCUT2D eigenvalue weighted by Gasteiger charge is 2.14. The molecule has 0 bridgehead atoms. The molecule has 7 heteroatoms. The molecule has 1 atom stereocenters. The maximum atomic E-state index is 14.9. The average molecular weight is 532 g/mol. The number of halogens is 2. The van der Waals surface area contributed by atoms with Crippen molar-refractivity contribution >= 4 is 28.8 Å². The minimum Gasteiger partial charge on any atom is -0.398 e. The molecule has 0 radical (unpaired) electrons. The van der Waals surface area contributed by atoms with Gasteiger partial charge in [0.2, 0.25) is 0 Å². The second kappa shape index (κ2) is 13.5. The largest absolute Gasteiger partial charge is 0.398 e. The Kier molecular flexibility index (Phi) is 10.1. The number of nitrogens with zero attached hydrogens (tertiary/aromatic N) is 1. The number of nitrogens with one attached hydrogen (secondary N) is 1. The van der Waals surface area contributed by atoms with Crippen molar-refractivity contribution in [2.24, 2.45) is 0 Å². The second-order valence-electron chi connectivity index (χ2n) is 8.74. The first-order chi connectivity index (χ1) is 18.2. The molecule has 4 rings (SSSR count). The summed E-state index contributed by atoms with van der Waals surface area (Å²) in [5, 5.41) is 8.20. The summed E-state index contributed by atoms with van der Waals surface area (Å²) in [6, 6.07) is 24.0. The van der Waals surface area contributed by atoms with Gasteiger partial charge in [0.25, 0.3) is 5.56 Å². The van der Waals surface area contributed by atoms with Gasteiger partial charge in [0.15, 0.2) is 12.0 Å². The molecule has 4 aromatic rings. The van der Waals surface area contributed by atoms with E-state index in [2.05, 4.69) is 0 Å². The Bertz CT molecular complexity index is 1460. The van der Waals surface area contributed by atoms with Crippen molar-refractivity contribution in [3.05, 3.63) is 134 Å². The number of pyridine rings is 1. The van der Waals surface area contributed by atoms with Crippen molar-refractivity contribution in [1.82, 2.24) is 4.57 Å². The molecule has 0 fully saturated rings. The van der Waals surface area contributed by atoms with Gasteiger partial charge < -0.3 is 15.7 Å². The van der Waals surface area contributed by atoms with Crippen molar-refractivity contribution in [3.8, 4) is 0 Å². The molecule has 196 valence electrons. The van der Waals surface area contributed by atoms with Crippen LogP contribution in [0.2, 0.25) is 5.02 Å². The van der Waals surface area contributed by atoms with Crippen LogP contribution in [0.1, 0.15) is 65.5 Å². The fourth-order valence-corrected chi connectivity index (χ4v) is 4.00. The smallest absolute Gasteiger partial charge is 0.250 e.